The van der Waals surface area contributed by atoms with Crippen molar-refractivity contribution >= 4 is 51.8 Å². The number of anilines is 1. The Morgan fingerprint density at radius 1 is 1.05 bits per heavy atom. The number of Topliss-reactive ketones (excluding diaryl/α,β-unsaturated/α-hetero) is 1. The summed E-state index contributed by atoms with van der Waals surface area (Å²) in [5.74, 6) is -1.03. The van der Waals surface area contributed by atoms with Gasteiger partial charge in [0.05, 0.1) is 11.1 Å². The van der Waals surface area contributed by atoms with Gasteiger partial charge in [0.15, 0.2) is 5.78 Å². The predicted molar refractivity (Wildman–Crippen MR) is 149 cm³/mol. The van der Waals surface area contributed by atoms with Crippen LogP contribution in [-0.4, -0.2) is 58.1 Å². The van der Waals surface area contributed by atoms with Crippen LogP contribution >= 0.6 is 23.1 Å². The monoisotopic (exact) mass is 549 g/mol. The summed E-state index contributed by atoms with van der Waals surface area (Å²) in [6, 6.07) is 15.5. The van der Waals surface area contributed by atoms with E-state index in [0.29, 0.717) is 49.5 Å². The molecule has 5 rings (SSSR count). The van der Waals surface area contributed by atoms with Crippen LogP contribution in [0.2, 0.25) is 0 Å². The van der Waals surface area contributed by atoms with Gasteiger partial charge in [0.25, 0.3) is 5.91 Å². The SMILES string of the molecule is CCNC(=O)Nc1sc(-c2ccc(C(=O)O)cc2)cc1C(=O)N1CCC2(CC1)CC(=O)c1ccccc1S2. The number of carboxylic acids is 1. The Bertz CT molecular complexity index is 1410. The summed E-state index contributed by atoms with van der Waals surface area (Å²) < 4.78 is -0.212. The van der Waals surface area contributed by atoms with E-state index in [1.165, 1.54) is 23.5 Å². The Morgan fingerprint density at radius 2 is 1.76 bits per heavy atom. The number of fused-ring (bicyclic) bond motifs is 1. The lowest BCUT2D eigenvalue weighted by Gasteiger charge is -2.43. The number of nitrogens with one attached hydrogen (secondary N) is 2. The second-order valence-electron chi connectivity index (χ2n) is 9.39. The van der Waals surface area contributed by atoms with Gasteiger partial charge in [0.1, 0.15) is 5.00 Å². The van der Waals surface area contributed by atoms with Gasteiger partial charge in [-0.15, -0.1) is 23.1 Å². The quantitative estimate of drug-likeness (QED) is 0.381. The summed E-state index contributed by atoms with van der Waals surface area (Å²) in [5.41, 5.74) is 2.11. The molecule has 1 fully saturated rings. The van der Waals surface area contributed by atoms with Crippen LogP contribution in [-0.2, 0) is 0 Å². The third-order valence-electron chi connectivity index (χ3n) is 6.90. The molecule has 3 aromatic rings. The molecule has 0 radical (unpaired) electrons. The van der Waals surface area contributed by atoms with Gasteiger partial charge in [-0.2, -0.15) is 0 Å². The van der Waals surface area contributed by atoms with Gasteiger partial charge < -0.3 is 15.3 Å². The minimum Gasteiger partial charge on any atom is -0.478 e. The summed E-state index contributed by atoms with van der Waals surface area (Å²) in [6.45, 7) is 3.28. The van der Waals surface area contributed by atoms with Crippen LogP contribution in [0.1, 0.15) is 57.3 Å². The number of aromatic carboxylic acids is 1. The fraction of sp³-hybridized carbons (Fsp3) is 0.286. The number of thioether (sulfide) groups is 1. The van der Waals surface area contributed by atoms with Crippen molar-refractivity contribution in [3.8, 4) is 10.4 Å². The van der Waals surface area contributed by atoms with Crippen molar-refractivity contribution in [1.29, 1.82) is 0 Å². The molecule has 2 aliphatic heterocycles. The molecule has 2 aliphatic rings. The molecule has 10 heteroatoms. The molecule has 8 nitrogen and oxygen atoms in total. The fourth-order valence-electron chi connectivity index (χ4n) is 4.88. The van der Waals surface area contributed by atoms with Crippen LogP contribution < -0.4 is 10.6 Å². The second-order valence-corrected chi connectivity index (χ2v) is 12.0. The van der Waals surface area contributed by atoms with Gasteiger partial charge in [-0.25, -0.2) is 9.59 Å². The summed E-state index contributed by atoms with van der Waals surface area (Å²) in [5, 5.41) is 15.1. The predicted octanol–water partition coefficient (Wildman–Crippen LogP) is 5.61. The molecule has 0 bridgehead atoms. The van der Waals surface area contributed by atoms with E-state index in [-0.39, 0.29) is 22.0 Å². The maximum atomic E-state index is 13.7. The van der Waals surface area contributed by atoms with E-state index in [1.807, 2.05) is 31.2 Å². The van der Waals surface area contributed by atoms with Crippen LogP contribution in [0.25, 0.3) is 10.4 Å². The maximum absolute atomic E-state index is 13.7. The number of likely N-dealkylation sites (tertiary alicyclic amines) is 1. The van der Waals surface area contributed by atoms with Crippen molar-refractivity contribution in [2.45, 2.75) is 35.8 Å². The van der Waals surface area contributed by atoms with E-state index in [9.17, 15) is 24.3 Å². The molecule has 2 aromatic carbocycles. The van der Waals surface area contributed by atoms with Crippen LogP contribution in [0, 0.1) is 0 Å². The third-order valence-corrected chi connectivity index (χ3v) is 9.56. The lowest BCUT2D eigenvalue weighted by atomic mass is 9.88. The first-order valence-electron chi connectivity index (χ1n) is 12.4. The van der Waals surface area contributed by atoms with Gasteiger partial charge in [-0.1, -0.05) is 30.3 Å². The number of piperidine rings is 1. The average molecular weight is 550 g/mol. The highest BCUT2D eigenvalue weighted by Gasteiger charge is 2.42. The zero-order chi connectivity index (χ0) is 26.9. The Labute approximate surface area is 228 Å². The maximum Gasteiger partial charge on any atom is 0.335 e. The highest BCUT2D eigenvalue weighted by molar-refractivity contribution is 8.01. The van der Waals surface area contributed by atoms with E-state index in [1.54, 1.807) is 34.9 Å². The van der Waals surface area contributed by atoms with Crippen LogP contribution in [0.4, 0.5) is 9.80 Å². The number of carbonyl (C=O) groups is 4. The molecular formula is C28H27N3O5S2. The standard InChI is InChI=1S/C28H27N3O5S2/c1-2-29-27(36)30-24-20(15-23(37-24)17-7-9-18(10-8-17)26(34)35)25(33)31-13-11-28(12-14-31)16-21(32)19-5-3-4-6-22(19)38-28/h3-10,15H,2,11-14,16H2,1H3,(H,34,35)(H2,29,30,36). The van der Waals surface area contributed by atoms with Crippen LogP contribution in [0.5, 0.6) is 0 Å². The van der Waals surface area contributed by atoms with E-state index >= 15 is 0 Å². The lowest BCUT2D eigenvalue weighted by molar-refractivity contribution is 0.0686. The van der Waals surface area contributed by atoms with Crippen molar-refractivity contribution in [3.63, 3.8) is 0 Å². The molecule has 1 aromatic heterocycles. The minimum atomic E-state index is -1.01. The molecule has 0 aliphatic carbocycles. The largest absolute Gasteiger partial charge is 0.478 e. The van der Waals surface area contributed by atoms with E-state index in [0.717, 1.165) is 20.9 Å². The molecule has 3 N–H and O–H groups in total. The molecule has 0 saturated carbocycles. The Kier molecular flexibility index (Phi) is 7.27. The lowest BCUT2D eigenvalue weighted by Crippen LogP contribution is -2.47. The van der Waals surface area contributed by atoms with Gasteiger partial charge in [-0.05, 0) is 49.6 Å². The van der Waals surface area contributed by atoms with E-state index < -0.39 is 12.0 Å². The molecule has 0 atom stereocenters. The normalized spacial score (nSPS) is 16.1. The highest BCUT2D eigenvalue weighted by atomic mass is 32.2. The fourth-order valence-corrected chi connectivity index (χ4v) is 7.43. The molecule has 3 heterocycles. The number of amides is 3. The molecule has 3 amide bonds. The summed E-state index contributed by atoms with van der Waals surface area (Å²) in [4.78, 5) is 53.6. The molecule has 0 unspecified atom stereocenters. The van der Waals surface area contributed by atoms with E-state index in [4.69, 9.17) is 0 Å². The van der Waals surface area contributed by atoms with Crippen molar-refractivity contribution in [3.05, 3.63) is 71.3 Å². The summed E-state index contributed by atoms with van der Waals surface area (Å²) in [6.07, 6.45) is 1.88. The van der Waals surface area contributed by atoms with Crippen molar-refractivity contribution in [2.75, 3.05) is 25.0 Å². The average Bonchev–Trinajstić information content (AvgIpc) is 3.32. The smallest absolute Gasteiger partial charge is 0.335 e. The summed E-state index contributed by atoms with van der Waals surface area (Å²) >= 11 is 3.02. The Morgan fingerprint density at radius 3 is 2.45 bits per heavy atom. The molecule has 196 valence electrons. The third kappa shape index (κ3) is 5.19. The Balaban J connectivity index is 1.36. The highest BCUT2D eigenvalue weighted by Crippen LogP contribution is 2.49. The number of thiophene rings is 1. The van der Waals surface area contributed by atoms with Crippen molar-refractivity contribution in [1.82, 2.24) is 10.2 Å². The number of nitrogens with zero attached hydrogens (tertiary/aromatic N) is 1. The van der Waals surface area contributed by atoms with Gasteiger partial charge in [0.2, 0.25) is 0 Å². The van der Waals surface area contributed by atoms with Crippen molar-refractivity contribution in [2.24, 2.45) is 0 Å². The number of carboxylic acid groups (broad SMARTS) is 1. The van der Waals surface area contributed by atoms with Crippen LogP contribution in [0.15, 0.2) is 59.5 Å². The van der Waals surface area contributed by atoms with Crippen molar-refractivity contribution < 1.29 is 24.3 Å². The summed E-state index contributed by atoms with van der Waals surface area (Å²) in [7, 11) is 0. The number of hydrogen-bond donors (Lipinski definition) is 3. The zero-order valence-electron chi connectivity index (χ0n) is 20.8. The van der Waals surface area contributed by atoms with Crippen LogP contribution in [0.3, 0.4) is 0 Å². The zero-order valence-corrected chi connectivity index (χ0v) is 22.4. The van der Waals surface area contributed by atoms with Gasteiger partial charge >= 0.3 is 12.0 Å². The number of urea groups is 1. The Hall–Kier alpha value is -3.63. The number of rotatable bonds is 5. The number of benzene rings is 2. The van der Waals surface area contributed by atoms with E-state index in [2.05, 4.69) is 10.6 Å². The number of hydrogen-bond acceptors (Lipinski definition) is 6. The second kappa shape index (κ2) is 10.6. The van der Waals surface area contributed by atoms with Gasteiger partial charge in [0, 0.05) is 46.1 Å². The number of carbonyl (C=O) groups excluding carboxylic acids is 3. The first-order valence-corrected chi connectivity index (χ1v) is 14.0. The molecule has 38 heavy (non-hydrogen) atoms. The topological polar surface area (TPSA) is 116 Å². The first-order chi connectivity index (χ1) is 18.3. The minimum absolute atomic E-state index is 0.156. The van der Waals surface area contributed by atoms with Gasteiger partial charge in [-0.3, -0.25) is 14.9 Å². The molecular weight excluding hydrogens is 522 g/mol. The number of ketones is 1. The molecule has 1 saturated heterocycles. The first kappa shape index (κ1) is 26.0. The molecule has 1 spiro atoms.